The molecule has 1 fully saturated rings. The highest BCUT2D eigenvalue weighted by Gasteiger charge is 2.35. The molecule has 0 amide bonds. The van der Waals surface area contributed by atoms with Crippen molar-refractivity contribution >= 4 is 5.97 Å². The average Bonchev–Trinajstić information content (AvgIpc) is 2.39. The van der Waals surface area contributed by atoms with E-state index in [0.29, 0.717) is 13.2 Å². The van der Waals surface area contributed by atoms with Crippen LogP contribution >= 0.6 is 0 Å². The Bertz CT molecular complexity index is 386. The van der Waals surface area contributed by atoms with E-state index in [2.05, 4.69) is 4.74 Å². The fourth-order valence-corrected chi connectivity index (χ4v) is 1.77. The molecule has 1 N–H and O–H groups in total. The monoisotopic (exact) mass is 238 g/mol. The first kappa shape index (κ1) is 11.9. The van der Waals surface area contributed by atoms with Crippen LogP contribution < -0.4 is 0 Å². The number of hydrogen-bond donors (Lipinski definition) is 1. The fourth-order valence-electron chi connectivity index (χ4n) is 1.77. The normalized spacial score (nSPS) is 24.3. The third-order valence-corrected chi connectivity index (χ3v) is 2.61. The minimum absolute atomic E-state index is 0.167. The van der Waals surface area contributed by atoms with E-state index in [1.807, 2.05) is 0 Å². The Kier molecular flexibility index (Phi) is 3.61. The maximum Gasteiger partial charge on any atom is 0.338 e. The van der Waals surface area contributed by atoms with E-state index in [-0.39, 0.29) is 5.75 Å². The molecule has 5 heteroatoms. The molecule has 1 saturated heterocycles. The topological polar surface area (TPSA) is 65.0 Å². The number of methoxy groups -OCH3 is 1. The summed E-state index contributed by atoms with van der Waals surface area (Å²) >= 11 is 0. The van der Waals surface area contributed by atoms with Crippen molar-refractivity contribution in [2.75, 3.05) is 20.3 Å². The molecule has 0 aromatic heterocycles. The van der Waals surface area contributed by atoms with Gasteiger partial charge < -0.3 is 19.3 Å². The van der Waals surface area contributed by atoms with Crippen molar-refractivity contribution in [2.24, 2.45) is 0 Å². The zero-order chi connectivity index (χ0) is 12.3. The summed E-state index contributed by atoms with van der Waals surface area (Å²) in [5.41, 5.74) is 0.776. The van der Waals surface area contributed by atoms with E-state index >= 15 is 0 Å². The van der Waals surface area contributed by atoms with Crippen molar-refractivity contribution in [3.8, 4) is 5.75 Å². The van der Waals surface area contributed by atoms with Gasteiger partial charge in [0.1, 0.15) is 11.9 Å². The number of ether oxygens (including phenoxy) is 3. The van der Waals surface area contributed by atoms with Gasteiger partial charge in [-0.25, -0.2) is 4.79 Å². The SMILES string of the molecule is COC(=O)C1OCCOC1c1ccc(O)cc1. The van der Waals surface area contributed by atoms with E-state index < -0.39 is 18.2 Å². The zero-order valence-corrected chi connectivity index (χ0v) is 9.46. The summed E-state index contributed by atoms with van der Waals surface area (Å²) in [6.45, 7) is 0.799. The predicted molar refractivity (Wildman–Crippen MR) is 58.6 cm³/mol. The Balaban J connectivity index is 2.21. The highest BCUT2D eigenvalue weighted by Crippen LogP contribution is 2.28. The molecule has 0 bridgehead atoms. The summed E-state index contributed by atoms with van der Waals surface area (Å²) in [6.07, 6.45) is -1.24. The van der Waals surface area contributed by atoms with Crippen molar-refractivity contribution < 1.29 is 24.1 Å². The second-order valence-electron chi connectivity index (χ2n) is 3.70. The van der Waals surface area contributed by atoms with Gasteiger partial charge in [-0.1, -0.05) is 12.1 Å². The number of phenols is 1. The number of carbonyl (C=O) groups excluding carboxylic acids is 1. The van der Waals surface area contributed by atoms with Gasteiger partial charge in [-0.3, -0.25) is 0 Å². The van der Waals surface area contributed by atoms with Crippen LogP contribution in [0.4, 0.5) is 0 Å². The number of hydrogen-bond acceptors (Lipinski definition) is 5. The van der Waals surface area contributed by atoms with Crippen LogP contribution in [-0.4, -0.2) is 37.5 Å². The summed E-state index contributed by atoms with van der Waals surface area (Å²) in [5, 5.41) is 9.21. The standard InChI is InChI=1S/C12H14O5/c1-15-12(14)11-10(16-6-7-17-11)8-2-4-9(13)5-3-8/h2-5,10-11,13H,6-7H2,1H3. The van der Waals surface area contributed by atoms with Crippen LogP contribution in [0.1, 0.15) is 11.7 Å². The number of rotatable bonds is 2. The van der Waals surface area contributed by atoms with Gasteiger partial charge in [-0.15, -0.1) is 0 Å². The lowest BCUT2D eigenvalue weighted by atomic mass is 10.0. The van der Waals surface area contributed by atoms with Crippen molar-refractivity contribution in [1.29, 1.82) is 0 Å². The van der Waals surface area contributed by atoms with Gasteiger partial charge in [0.25, 0.3) is 0 Å². The second kappa shape index (κ2) is 5.16. The Morgan fingerprint density at radius 1 is 1.29 bits per heavy atom. The van der Waals surface area contributed by atoms with Gasteiger partial charge in [0.15, 0.2) is 6.10 Å². The van der Waals surface area contributed by atoms with E-state index in [4.69, 9.17) is 9.47 Å². The third kappa shape index (κ3) is 2.57. The molecule has 0 saturated carbocycles. The minimum atomic E-state index is -0.752. The van der Waals surface area contributed by atoms with Gasteiger partial charge in [-0.05, 0) is 17.7 Å². The molecule has 2 unspecified atom stereocenters. The lowest BCUT2D eigenvalue weighted by Crippen LogP contribution is -2.39. The van der Waals surface area contributed by atoms with Crippen molar-refractivity contribution in [2.45, 2.75) is 12.2 Å². The lowest BCUT2D eigenvalue weighted by Gasteiger charge is -2.30. The molecule has 17 heavy (non-hydrogen) atoms. The quantitative estimate of drug-likeness (QED) is 0.779. The van der Waals surface area contributed by atoms with Crippen LogP contribution in [0, 0.1) is 0 Å². The molecule has 0 aliphatic carbocycles. The summed E-state index contributed by atoms with van der Waals surface area (Å²) in [7, 11) is 1.31. The van der Waals surface area contributed by atoms with Gasteiger partial charge in [-0.2, -0.15) is 0 Å². The molecule has 0 radical (unpaired) electrons. The molecule has 1 heterocycles. The number of benzene rings is 1. The maximum atomic E-state index is 11.5. The van der Waals surface area contributed by atoms with E-state index in [0.717, 1.165) is 5.56 Å². The molecular formula is C12H14O5. The van der Waals surface area contributed by atoms with Crippen molar-refractivity contribution in [1.82, 2.24) is 0 Å². The third-order valence-electron chi connectivity index (χ3n) is 2.61. The molecule has 0 spiro atoms. The molecule has 92 valence electrons. The minimum Gasteiger partial charge on any atom is -0.508 e. The molecule has 1 aliphatic heterocycles. The largest absolute Gasteiger partial charge is 0.508 e. The molecular weight excluding hydrogens is 224 g/mol. The van der Waals surface area contributed by atoms with Crippen LogP contribution in [0.3, 0.4) is 0 Å². The summed E-state index contributed by atoms with van der Waals surface area (Å²) in [4.78, 5) is 11.5. The maximum absolute atomic E-state index is 11.5. The summed E-state index contributed by atoms with van der Waals surface area (Å²) < 4.78 is 15.6. The van der Waals surface area contributed by atoms with Gasteiger partial charge in [0.2, 0.25) is 0 Å². The lowest BCUT2D eigenvalue weighted by molar-refractivity contribution is -0.184. The van der Waals surface area contributed by atoms with E-state index in [9.17, 15) is 9.90 Å². The van der Waals surface area contributed by atoms with E-state index in [1.54, 1.807) is 24.3 Å². The molecule has 1 aliphatic rings. The Labute approximate surface area is 98.9 Å². The summed E-state index contributed by atoms with van der Waals surface area (Å²) in [6, 6.07) is 6.48. The van der Waals surface area contributed by atoms with Crippen LogP contribution in [0.25, 0.3) is 0 Å². The van der Waals surface area contributed by atoms with Gasteiger partial charge in [0, 0.05) is 0 Å². The van der Waals surface area contributed by atoms with Gasteiger partial charge >= 0.3 is 5.97 Å². The Hall–Kier alpha value is -1.59. The first-order chi connectivity index (χ1) is 8.22. The smallest absolute Gasteiger partial charge is 0.338 e. The molecule has 2 atom stereocenters. The summed E-state index contributed by atoms with van der Waals surface area (Å²) in [5.74, 6) is -0.289. The number of carbonyl (C=O) groups is 1. The average molecular weight is 238 g/mol. The molecule has 1 aromatic carbocycles. The highest BCUT2D eigenvalue weighted by atomic mass is 16.6. The molecule has 5 nitrogen and oxygen atoms in total. The van der Waals surface area contributed by atoms with Crippen LogP contribution in [0.15, 0.2) is 24.3 Å². The first-order valence-electron chi connectivity index (χ1n) is 5.32. The second-order valence-corrected chi connectivity index (χ2v) is 3.70. The van der Waals surface area contributed by atoms with Crippen molar-refractivity contribution in [3.63, 3.8) is 0 Å². The van der Waals surface area contributed by atoms with Crippen LogP contribution in [-0.2, 0) is 19.0 Å². The first-order valence-corrected chi connectivity index (χ1v) is 5.32. The van der Waals surface area contributed by atoms with E-state index in [1.165, 1.54) is 7.11 Å². The fraction of sp³-hybridized carbons (Fsp3) is 0.417. The number of esters is 1. The van der Waals surface area contributed by atoms with Gasteiger partial charge in [0.05, 0.1) is 20.3 Å². The predicted octanol–water partition coefficient (Wildman–Crippen LogP) is 1.02. The zero-order valence-electron chi connectivity index (χ0n) is 9.46. The number of phenolic OH excluding ortho intramolecular Hbond substituents is 1. The Morgan fingerprint density at radius 2 is 1.94 bits per heavy atom. The number of aromatic hydroxyl groups is 1. The Morgan fingerprint density at radius 3 is 2.59 bits per heavy atom. The van der Waals surface area contributed by atoms with Crippen LogP contribution in [0.2, 0.25) is 0 Å². The van der Waals surface area contributed by atoms with Crippen LogP contribution in [0.5, 0.6) is 5.75 Å². The molecule has 1 aromatic rings. The van der Waals surface area contributed by atoms with Crippen molar-refractivity contribution in [3.05, 3.63) is 29.8 Å². The molecule has 2 rings (SSSR count). The highest BCUT2D eigenvalue weighted by molar-refractivity contribution is 5.75.